The highest BCUT2D eigenvalue weighted by molar-refractivity contribution is 7.90. The molecule has 0 aliphatic carbocycles. The van der Waals surface area contributed by atoms with Crippen LogP contribution in [0.2, 0.25) is 0 Å². The lowest BCUT2D eigenvalue weighted by Gasteiger charge is -2.32. The molecule has 144 valence electrons. The summed E-state index contributed by atoms with van der Waals surface area (Å²) >= 11 is 0. The number of benzene rings is 2. The fourth-order valence-corrected chi connectivity index (χ4v) is 3.72. The van der Waals surface area contributed by atoms with Crippen LogP contribution in [0.5, 0.6) is 0 Å². The van der Waals surface area contributed by atoms with E-state index in [0.717, 1.165) is 19.3 Å². The third kappa shape index (κ3) is 5.89. The number of ether oxygens (including phenoxy) is 1. The second-order valence-corrected chi connectivity index (χ2v) is 8.78. The first-order chi connectivity index (χ1) is 12.9. The van der Waals surface area contributed by atoms with E-state index < -0.39 is 9.84 Å². The first kappa shape index (κ1) is 19.5. The van der Waals surface area contributed by atoms with Crippen molar-refractivity contribution < 1.29 is 17.9 Å². The van der Waals surface area contributed by atoms with Gasteiger partial charge in [-0.25, -0.2) is 8.42 Å². The minimum absolute atomic E-state index is 0.145. The van der Waals surface area contributed by atoms with Gasteiger partial charge in [0.2, 0.25) is 5.91 Å². The van der Waals surface area contributed by atoms with Gasteiger partial charge in [-0.15, -0.1) is 0 Å². The van der Waals surface area contributed by atoms with Crippen LogP contribution < -0.4 is 5.32 Å². The molecular weight excluding hydrogens is 364 g/mol. The van der Waals surface area contributed by atoms with Gasteiger partial charge >= 0.3 is 0 Å². The predicted octanol–water partition coefficient (Wildman–Crippen LogP) is 2.32. The number of sulfone groups is 1. The van der Waals surface area contributed by atoms with Gasteiger partial charge in [0.25, 0.3) is 0 Å². The summed E-state index contributed by atoms with van der Waals surface area (Å²) < 4.78 is 28.7. The third-order valence-corrected chi connectivity index (χ3v) is 5.58. The van der Waals surface area contributed by atoms with Gasteiger partial charge < -0.3 is 10.1 Å². The van der Waals surface area contributed by atoms with E-state index in [9.17, 15) is 13.2 Å². The lowest BCUT2D eigenvalue weighted by Crippen LogP contribution is -2.43. The van der Waals surface area contributed by atoms with E-state index in [2.05, 4.69) is 22.3 Å². The third-order valence-electron chi connectivity index (χ3n) is 4.45. The Labute approximate surface area is 160 Å². The van der Waals surface area contributed by atoms with Crippen molar-refractivity contribution in [1.82, 2.24) is 4.90 Å². The summed E-state index contributed by atoms with van der Waals surface area (Å²) in [5, 5.41) is 2.80. The molecular formula is C20H24N2O4S. The zero-order chi connectivity index (χ0) is 19.3. The molecule has 0 aromatic heterocycles. The second-order valence-electron chi connectivity index (χ2n) is 6.76. The van der Waals surface area contributed by atoms with Crippen LogP contribution in [0.3, 0.4) is 0 Å². The molecule has 27 heavy (non-hydrogen) atoms. The summed E-state index contributed by atoms with van der Waals surface area (Å²) in [6, 6.07) is 16.4. The van der Waals surface area contributed by atoms with Crippen LogP contribution in [-0.2, 0) is 25.9 Å². The molecule has 1 fully saturated rings. The number of anilines is 1. The number of nitrogens with zero attached hydrogens (tertiary/aromatic N) is 1. The van der Waals surface area contributed by atoms with Crippen molar-refractivity contribution in [3.63, 3.8) is 0 Å². The maximum atomic E-state index is 12.3. The van der Waals surface area contributed by atoms with Crippen molar-refractivity contribution in [3.05, 3.63) is 60.2 Å². The van der Waals surface area contributed by atoms with Crippen molar-refractivity contribution in [2.75, 3.05) is 31.3 Å². The average molecular weight is 388 g/mol. The molecule has 7 heteroatoms. The molecule has 2 aromatic carbocycles. The van der Waals surface area contributed by atoms with Crippen LogP contribution in [-0.4, -0.2) is 51.3 Å². The summed E-state index contributed by atoms with van der Waals surface area (Å²) in [6.07, 6.45) is 1.26. The van der Waals surface area contributed by atoms with E-state index in [4.69, 9.17) is 4.74 Å². The van der Waals surface area contributed by atoms with E-state index in [1.807, 2.05) is 18.2 Å². The molecule has 1 amide bonds. The van der Waals surface area contributed by atoms with Crippen molar-refractivity contribution in [2.24, 2.45) is 0 Å². The van der Waals surface area contributed by atoms with Crippen LogP contribution in [0.15, 0.2) is 59.5 Å². The van der Waals surface area contributed by atoms with Crippen molar-refractivity contribution >= 4 is 21.4 Å². The molecule has 1 aliphatic heterocycles. The molecule has 3 rings (SSSR count). The van der Waals surface area contributed by atoms with Crippen LogP contribution in [0.1, 0.15) is 12.0 Å². The highest BCUT2D eigenvalue weighted by atomic mass is 32.2. The summed E-state index contributed by atoms with van der Waals surface area (Å²) in [5.74, 6) is -0.145. The molecule has 1 unspecified atom stereocenters. The number of morpholine rings is 1. The molecule has 1 atom stereocenters. The Kier molecular flexibility index (Phi) is 6.26. The normalized spacial score (nSPS) is 18.2. The number of carbonyl (C=O) groups is 1. The van der Waals surface area contributed by atoms with Gasteiger partial charge in [0.15, 0.2) is 9.84 Å². The van der Waals surface area contributed by atoms with Gasteiger partial charge in [0, 0.05) is 31.6 Å². The number of hydrogen-bond donors (Lipinski definition) is 1. The van der Waals surface area contributed by atoms with E-state index in [-0.39, 0.29) is 23.3 Å². The van der Waals surface area contributed by atoms with Gasteiger partial charge in [0.05, 0.1) is 24.0 Å². The highest BCUT2D eigenvalue weighted by Crippen LogP contribution is 2.16. The van der Waals surface area contributed by atoms with E-state index in [1.54, 1.807) is 12.1 Å². The molecule has 6 nitrogen and oxygen atoms in total. The zero-order valence-corrected chi connectivity index (χ0v) is 16.1. The molecule has 0 saturated carbocycles. The Hall–Kier alpha value is -2.22. The quantitative estimate of drug-likeness (QED) is 0.822. The van der Waals surface area contributed by atoms with E-state index >= 15 is 0 Å². The van der Waals surface area contributed by atoms with Gasteiger partial charge in [-0.3, -0.25) is 9.69 Å². The standard InChI is InChI=1S/C20H24N2O4S/c1-27(24,25)19-9-7-17(8-10-19)21-20(23)13-18-15-22(11-12-26-18)14-16-5-3-2-4-6-16/h2-10,18H,11-15H2,1H3,(H,21,23). The van der Waals surface area contributed by atoms with Crippen LogP contribution >= 0.6 is 0 Å². The Morgan fingerprint density at radius 3 is 2.52 bits per heavy atom. The van der Waals surface area contributed by atoms with E-state index in [0.29, 0.717) is 18.8 Å². The molecule has 2 aromatic rings. The lowest BCUT2D eigenvalue weighted by atomic mass is 10.1. The van der Waals surface area contributed by atoms with E-state index in [1.165, 1.54) is 17.7 Å². The summed E-state index contributed by atoms with van der Waals surface area (Å²) in [7, 11) is -3.24. The Balaban J connectivity index is 1.51. The first-order valence-electron chi connectivity index (χ1n) is 8.88. The number of amides is 1. The number of rotatable bonds is 6. The number of hydrogen-bond acceptors (Lipinski definition) is 5. The predicted molar refractivity (Wildman–Crippen MR) is 104 cm³/mol. The fraction of sp³-hybridized carbons (Fsp3) is 0.350. The number of carbonyl (C=O) groups excluding carboxylic acids is 1. The summed E-state index contributed by atoms with van der Waals surface area (Å²) in [4.78, 5) is 14.8. The Morgan fingerprint density at radius 1 is 1.15 bits per heavy atom. The fourth-order valence-electron chi connectivity index (χ4n) is 3.09. The summed E-state index contributed by atoms with van der Waals surface area (Å²) in [6.45, 7) is 3.00. The van der Waals surface area contributed by atoms with Crippen molar-refractivity contribution in [3.8, 4) is 0 Å². The smallest absolute Gasteiger partial charge is 0.227 e. The highest BCUT2D eigenvalue weighted by Gasteiger charge is 2.23. The van der Waals surface area contributed by atoms with Gasteiger partial charge in [-0.05, 0) is 29.8 Å². The maximum absolute atomic E-state index is 12.3. The molecule has 0 spiro atoms. The van der Waals surface area contributed by atoms with Gasteiger partial charge in [-0.2, -0.15) is 0 Å². The minimum Gasteiger partial charge on any atom is -0.375 e. The Bertz CT molecular complexity index is 867. The van der Waals surface area contributed by atoms with Crippen LogP contribution in [0, 0.1) is 0 Å². The maximum Gasteiger partial charge on any atom is 0.227 e. The monoisotopic (exact) mass is 388 g/mol. The SMILES string of the molecule is CS(=O)(=O)c1ccc(NC(=O)CC2CN(Cc3ccccc3)CCO2)cc1. The van der Waals surface area contributed by atoms with Crippen LogP contribution in [0.25, 0.3) is 0 Å². The molecule has 1 aliphatic rings. The van der Waals surface area contributed by atoms with Gasteiger partial charge in [0.1, 0.15) is 0 Å². The number of nitrogens with one attached hydrogen (secondary N) is 1. The average Bonchev–Trinajstić information content (AvgIpc) is 2.62. The first-order valence-corrected chi connectivity index (χ1v) is 10.8. The summed E-state index contributed by atoms with van der Waals surface area (Å²) in [5.41, 5.74) is 1.82. The lowest BCUT2D eigenvalue weighted by molar-refractivity contribution is -0.121. The molecule has 1 N–H and O–H groups in total. The molecule has 0 radical (unpaired) electrons. The Morgan fingerprint density at radius 2 is 1.85 bits per heavy atom. The molecule has 1 heterocycles. The topological polar surface area (TPSA) is 75.7 Å². The minimum atomic E-state index is -3.24. The molecule has 1 saturated heterocycles. The molecule has 0 bridgehead atoms. The zero-order valence-electron chi connectivity index (χ0n) is 15.3. The van der Waals surface area contributed by atoms with Crippen LogP contribution in [0.4, 0.5) is 5.69 Å². The second kappa shape index (κ2) is 8.65. The van der Waals surface area contributed by atoms with Crippen molar-refractivity contribution in [1.29, 1.82) is 0 Å². The largest absolute Gasteiger partial charge is 0.375 e. The van der Waals surface area contributed by atoms with Crippen molar-refractivity contribution in [2.45, 2.75) is 24.0 Å². The van der Waals surface area contributed by atoms with Gasteiger partial charge in [-0.1, -0.05) is 30.3 Å².